The Labute approximate surface area is 132 Å². The molecule has 108 valence electrons. The minimum Gasteiger partial charge on any atom is -0.313 e. The Morgan fingerprint density at radius 2 is 2.25 bits per heavy atom. The molecule has 0 saturated carbocycles. The second-order valence-electron chi connectivity index (χ2n) is 4.56. The molecule has 2 aromatic rings. The van der Waals surface area contributed by atoms with E-state index in [1.807, 2.05) is 30.1 Å². The molecule has 6 heteroatoms. The molecule has 0 aromatic carbocycles. The number of nitrogens with zero attached hydrogens (tertiary/aromatic N) is 3. The molecule has 2 rings (SSSR count). The van der Waals surface area contributed by atoms with Gasteiger partial charge in [-0.2, -0.15) is 5.10 Å². The van der Waals surface area contributed by atoms with Crippen molar-refractivity contribution < 1.29 is 0 Å². The van der Waals surface area contributed by atoms with Gasteiger partial charge in [-0.25, -0.2) is 4.98 Å². The standard InChI is InChI=1S/C14H19BrN4S/c1-4-7-16-9-11-10(2)18-19(3)14(11)20-13-12(15)6-5-8-17-13/h5-6,8,16H,4,7,9H2,1-3H3. The zero-order valence-electron chi connectivity index (χ0n) is 12.0. The zero-order valence-corrected chi connectivity index (χ0v) is 14.4. The van der Waals surface area contributed by atoms with Crippen LogP contribution >= 0.6 is 27.7 Å². The number of nitrogens with one attached hydrogen (secondary N) is 1. The first-order valence-corrected chi connectivity index (χ1v) is 8.26. The molecule has 20 heavy (non-hydrogen) atoms. The smallest absolute Gasteiger partial charge is 0.116 e. The van der Waals surface area contributed by atoms with Crippen LogP contribution in [-0.2, 0) is 13.6 Å². The summed E-state index contributed by atoms with van der Waals surface area (Å²) in [6, 6.07) is 3.93. The summed E-state index contributed by atoms with van der Waals surface area (Å²) in [5.41, 5.74) is 2.33. The number of hydrogen-bond acceptors (Lipinski definition) is 4. The van der Waals surface area contributed by atoms with Gasteiger partial charge in [-0.15, -0.1) is 0 Å². The fraction of sp³-hybridized carbons (Fsp3) is 0.429. The summed E-state index contributed by atoms with van der Waals surface area (Å²) >= 11 is 5.19. The van der Waals surface area contributed by atoms with Crippen LogP contribution in [0.2, 0.25) is 0 Å². The van der Waals surface area contributed by atoms with Crippen molar-refractivity contribution in [3.8, 4) is 0 Å². The first-order chi connectivity index (χ1) is 9.63. The summed E-state index contributed by atoms with van der Waals surface area (Å²) in [5.74, 6) is 0. The van der Waals surface area contributed by atoms with Gasteiger partial charge in [0.05, 0.1) is 10.2 Å². The van der Waals surface area contributed by atoms with E-state index in [0.717, 1.165) is 39.7 Å². The number of halogens is 1. The first-order valence-electron chi connectivity index (χ1n) is 6.65. The minimum absolute atomic E-state index is 0.848. The van der Waals surface area contributed by atoms with Crippen molar-refractivity contribution in [3.63, 3.8) is 0 Å². The molecule has 0 fully saturated rings. The van der Waals surface area contributed by atoms with Gasteiger partial charge in [0.25, 0.3) is 0 Å². The van der Waals surface area contributed by atoms with E-state index in [2.05, 4.69) is 45.2 Å². The van der Waals surface area contributed by atoms with Gasteiger partial charge in [0, 0.05) is 25.4 Å². The van der Waals surface area contributed by atoms with E-state index < -0.39 is 0 Å². The number of rotatable bonds is 6. The largest absolute Gasteiger partial charge is 0.313 e. The lowest BCUT2D eigenvalue weighted by molar-refractivity contribution is 0.652. The van der Waals surface area contributed by atoms with Gasteiger partial charge in [0.1, 0.15) is 10.1 Å². The van der Waals surface area contributed by atoms with Crippen LogP contribution in [0.25, 0.3) is 0 Å². The van der Waals surface area contributed by atoms with Crippen molar-refractivity contribution in [2.24, 2.45) is 7.05 Å². The average molecular weight is 355 g/mol. The third-order valence-electron chi connectivity index (χ3n) is 2.94. The van der Waals surface area contributed by atoms with Crippen LogP contribution < -0.4 is 5.32 Å². The summed E-state index contributed by atoms with van der Waals surface area (Å²) in [4.78, 5) is 4.42. The van der Waals surface area contributed by atoms with Crippen LogP contribution in [0, 0.1) is 6.92 Å². The van der Waals surface area contributed by atoms with Gasteiger partial charge >= 0.3 is 0 Å². The molecule has 0 aliphatic carbocycles. The minimum atomic E-state index is 0.848. The third kappa shape index (κ3) is 3.62. The van der Waals surface area contributed by atoms with E-state index in [-0.39, 0.29) is 0 Å². The lowest BCUT2D eigenvalue weighted by Gasteiger charge is -2.08. The molecule has 0 amide bonds. The molecule has 2 heterocycles. The molecule has 0 radical (unpaired) electrons. The molecule has 0 unspecified atom stereocenters. The fourth-order valence-electron chi connectivity index (χ4n) is 1.94. The zero-order chi connectivity index (χ0) is 14.5. The molecular weight excluding hydrogens is 336 g/mol. The lowest BCUT2D eigenvalue weighted by atomic mass is 10.2. The maximum atomic E-state index is 4.53. The van der Waals surface area contributed by atoms with E-state index in [0.29, 0.717) is 0 Å². The summed E-state index contributed by atoms with van der Waals surface area (Å²) < 4.78 is 2.95. The Morgan fingerprint density at radius 3 is 2.95 bits per heavy atom. The van der Waals surface area contributed by atoms with E-state index in [1.165, 1.54) is 5.56 Å². The van der Waals surface area contributed by atoms with Crippen LogP contribution in [-0.4, -0.2) is 21.3 Å². The molecule has 0 saturated heterocycles. The molecular formula is C14H19BrN4S. The van der Waals surface area contributed by atoms with Crippen molar-refractivity contribution in [2.45, 2.75) is 36.9 Å². The number of aryl methyl sites for hydroxylation is 2. The molecule has 0 aliphatic heterocycles. The van der Waals surface area contributed by atoms with Gasteiger partial charge in [-0.05, 0) is 59.7 Å². The van der Waals surface area contributed by atoms with Crippen LogP contribution in [0.5, 0.6) is 0 Å². The van der Waals surface area contributed by atoms with Crippen LogP contribution in [0.4, 0.5) is 0 Å². The van der Waals surface area contributed by atoms with Gasteiger partial charge in [0.2, 0.25) is 0 Å². The second kappa shape index (κ2) is 7.24. The van der Waals surface area contributed by atoms with E-state index in [1.54, 1.807) is 11.8 Å². The lowest BCUT2D eigenvalue weighted by Crippen LogP contribution is -2.14. The second-order valence-corrected chi connectivity index (χ2v) is 6.39. The Balaban J connectivity index is 2.24. The SMILES string of the molecule is CCCNCc1c(C)nn(C)c1Sc1ncccc1Br. The molecule has 0 spiro atoms. The maximum absolute atomic E-state index is 4.53. The van der Waals surface area contributed by atoms with E-state index in [4.69, 9.17) is 0 Å². The predicted molar refractivity (Wildman–Crippen MR) is 86.0 cm³/mol. The summed E-state index contributed by atoms with van der Waals surface area (Å²) in [7, 11) is 1.98. The van der Waals surface area contributed by atoms with Gasteiger partial charge in [-0.3, -0.25) is 4.68 Å². The molecule has 4 nitrogen and oxygen atoms in total. The molecule has 0 atom stereocenters. The molecule has 0 aliphatic rings. The highest BCUT2D eigenvalue weighted by Crippen LogP contribution is 2.34. The summed E-state index contributed by atoms with van der Waals surface area (Å²) in [6.07, 6.45) is 2.94. The number of pyridine rings is 1. The highest BCUT2D eigenvalue weighted by molar-refractivity contribution is 9.10. The first kappa shape index (κ1) is 15.5. The predicted octanol–water partition coefficient (Wildman–Crippen LogP) is 3.54. The van der Waals surface area contributed by atoms with Crippen molar-refractivity contribution >= 4 is 27.7 Å². The van der Waals surface area contributed by atoms with Gasteiger partial charge in [0.15, 0.2) is 0 Å². The van der Waals surface area contributed by atoms with Gasteiger partial charge in [-0.1, -0.05) is 6.92 Å². The normalized spacial score (nSPS) is 11.0. The van der Waals surface area contributed by atoms with Gasteiger partial charge < -0.3 is 5.32 Å². The highest BCUT2D eigenvalue weighted by Gasteiger charge is 2.15. The quantitative estimate of drug-likeness (QED) is 0.805. The molecule has 1 N–H and O–H groups in total. The van der Waals surface area contributed by atoms with Crippen molar-refractivity contribution in [3.05, 3.63) is 34.1 Å². The van der Waals surface area contributed by atoms with Crippen molar-refractivity contribution in [1.82, 2.24) is 20.1 Å². The Morgan fingerprint density at radius 1 is 1.45 bits per heavy atom. The van der Waals surface area contributed by atoms with E-state index in [9.17, 15) is 0 Å². The van der Waals surface area contributed by atoms with Crippen molar-refractivity contribution in [2.75, 3.05) is 6.54 Å². The molecule has 2 aromatic heterocycles. The van der Waals surface area contributed by atoms with E-state index >= 15 is 0 Å². The summed E-state index contributed by atoms with van der Waals surface area (Å²) in [5, 5.41) is 10.1. The third-order valence-corrected chi connectivity index (χ3v) is 5.06. The van der Waals surface area contributed by atoms with Crippen molar-refractivity contribution in [1.29, 1.82) is 0 Å². The Bertz CT molecular complexity index is 583. The number of hydrogen-bond donors (Lipinski definition) is 1. The Kier molecular flexibility index (Phi) is 5.63. The molecule has 0 bridgehead atoms. The van der Waals surface area contributed by atoms with Crippen LogP contribution in [0.1, 0.15) is 24.6 Å². The van der Waals surface area contributed by atoms with Crippen LogP contribution in [0.3, 0.4) is 0 Å². The Hall–Kier alpha value is -0.850. The monoisotopic (exact) mass is 354 g/mol. The maximum Gasteiger partial charge on any atom is 0.116 e. The fourth-order valence-corrected chi connectivity index (χ4v) is 3.42. The topological polar surface area (TPSA) is 42.7 Å². The highest BCUT2D eigenvalue weighted by atomic mass is 79.9. The average Bonchev–Trinajstić information content (AvgIpc) is 2.68. The summed E-state index contributed by atoms with van der Waals surface area (Å²) in [6.45, 7) is 6.09. The number of aromatic nitrogens is 3. The van der Waals surface area contributed by atoms with Crippen LogP contribution in [0.15, 0.2) is 32.9 Å².